The zero-order chi connectivity index (χ0) is 9.97. The fourth-order valence-electron chi connectivity index (χ4n) is 1.53. The largest absolute Gasteiger partial charge is 0.302 e. The monoisotopic (exact) mass is 254 g/mol. The van der Waals surface area contributed by atoms with Gasteiger partial charge in [0.25, 0.3) is 0 Å². The fraction of sp³-hybridized carbons (Fsp3) is 0.300. The first-order valence-corrected chi connectivity index (χ1v) is 5.29. The summed E-state index contributed by atoms with van der Waals surface area (Å²) in [5, 5.41) is 6.42. The summed E-state index contributed by atoms with van der Waals surface area (Å²) >= 11 is 3.38. The minimum atomic E-state index is -0.0661. The van der Waals surface area contributed by atoms with Crippen LogP contribution in [0.2, 0.25) is 0 Å². The van der Waals surface area contributed by atoms with Crippen molar-refractivity contribution >= 4 is 22.2 Å². The molecule has 0 bridgehead atoms. The predicted octanol–water partition coefficient (Wildman–Crippen LogP) is 1.21. The molecule has 1 heterocycles. The topological polar surface area (TPSA) is 41.1 Å². The molecule has 14 heavy (non-hydrogen) atoms. The summed E-state index contributed by atoms with van der Waals surface area (Å²) in [6.07, 6.45) is 1.03. The standard InChI is InChI=1S/C10H11BrN2O/c11-8-3-1-7(2-4-8)10-12-5-9(6-14)13-10/h1-4,6,9-10,12-13H,5H2. The van der Waals surface area contributed by atoms with Crippen molar-refractivity contribution in [2.45, 2.75) is 12.2 Å². The normalized spacial score (nSPS) is 26.4. The molecule has 2 rings (SSSR count). The van der Waals surface area contributed by atoms with E-state index in [4.69, 9.17) is 0 Å². The molecular formula is C10H11BrN2O. The Hall–Kier alpha value is -0.710. The molecule has 0 aliphatic carbocycles. The van der Waals surface area contributed by atoms with Gasteiger partial charge in [-0.2, -0.15) is 0 Å². The summed E-state index contributed by atoms with van der Waals surface area (Å²) in [4.78, 5) is 10.5. The van der Waals surface area contributed by atoms with E-state index in [9.17, 15) is 4.79 Å². The van der Waals surface area contributed by atoms with Crippen molar-refractivity contribution < 1.29 is 4.79 Å². The molecule has 1 aromatic rings. The molecule has 1 aliphatic rings. The molecule has 0 spiro atoms. The van der Waals surface area contributed by atoms with E-state index in [1.807, 2.05) is 24.3 Å². The van der Waals surface area contributed by atoms with Gasteiger partial charge in [0.1, 0.15) is 6.29 Å². The quantitative estimate of drug-likeness (QED) is 0.780. The zero-order valence-electron chi connectivity index (χ0n) is 7.53. The minimum absolute atomic E-state index is 0.0661. The number of hydrogen-bond acceptors (Lipinski definition) is 3. The summed E-state index contributed by atoms with van der Waals surface area (Å²) in [5.74, 6) is 0. The maximum absolute atomic E-state index is 10.5. The number of benzene rings is 1. The second kappa shape index (κ2) is 4.21. The van der Waals surface area contributed by atoms with Gasteiger partial charge in [0.15, 0.2) is 0 Å². The summed E-state index contributed by atoms with van der Waals surface area (Å²) in [6.45, 7) is 0.699. The van der Waals surface area contributed by atoms with Crippen LogP contribution in [0.3, 0.4) is 0 Å². The molecule has 0 amide bonds. The molecule has 1 fully saturated rings. The lowest BCUT2D eigenvalue weighted by atomic mass is 10.2. The molecule has 2 unspecified atom stereocenters. The third kappa shape index (κ3) is 2.03. The van der Waals surface area contributed by atoms with Gasteiger partial charge in [-0.3, -0.25) is 10.6 Å². The Kier molecular flexibility index (Phi) is 2.96. The van der Waals surface area contributed by atoms with Gasteiger partial charge in [0.2, 0.25) is 0 Å². The Morgan fingerprint density at radius 2 is 2.07 bits per heavy atom. The molecule has 3 nitrogen and oxygen atoms in total. The molecule has 74 valence electrons. The van der Waals surface area contributed by atoms with Crippen LogP contribution in [-0.2, 0) is 4.79 Å². The molecule has 2 atom stereocenters. The van der Waals surface area contributed by atoms with Crippen LogP contribution in [0.25, 0.3) is 0 Å². The highest BCUT2D eigenvalue weighted by Crippen LogP contribution is 2.17. The first-order chi connectivity index (χ1) is 6.79. The number of carbonyl (C=O) groups excluding carboxylic acids is 1. The van der Waals surface area contributed by atoms with E-state index >= 15 is 0 Å². The van der Waals surface area contributed by atoms with Gasteiger partial charge in [0.05, 0.1) is 12.2 Å². The Morgan fingerprint density at radius 3 is 2.64 bits per heavy atom. The minimum Gasteiger partial charge on any atom is -0.302 e. The lowest BCUT2D eigenvalue weighted by Crippen LogP contribution is -2.27. The predicted molar refractivity (Wildman–Crippen MR) is 57.9 cm³/mol. The maximum Gasteiger partial charge on any atom is 0.138 e. The highest BCUT2D eigenvalue weighted by molar-refractivity contribution is 9.10. The third-order valence-electron chi connectivity index (χ3n) is 2.29. The Bertz CT molecular complexity index is 325. The van der Waals surface area contributed by atoms with Crippen molar-refractivity contribution in [1.29, 1.82) is 0 Å². The highest BCUT2D eigenvalue weighted by atomic mass is 79.9. The van der Waals surface area contributed by atoms with Crippen LogP contribution in [0.15, 0.2) is 28.7 Å². The van der Waals surface area contributed by atoms with Crippen molar-refractivity contribution in [3.05, 3.63) is 34.3 Å². The van der Waals surface area contributed by atoms with Gasteiger partial charge in [-0.15, -0.1) is 0 Å². The van der Waals surface area contributed by atoms with E-state index in [0.717, 1.165) is 16.3 Å². The molecule has 1 aromatic carbocycles. The van der Waals surface area contributed by atoms with Crippen LogP contribution >= 0.6 is 15.9 Å². The van der Waals surface area contributed by atoms with E-state index in [1.165, 1.54) is 0 Å². The smallest absolute Gasteiger partial charge is 0.138 e. The average molecular weight is 255 g/mol. The maximum atomic E-state index is 10.5. The Labute approximate surface area is 91.0 Å². The molecule has 4 heteroatoms. The SMILES string of the molecule is O=CC1CNC(c2ccc(Br)cc2)N1. The average Bonchev–Trinajstić information content (AvgIpc) is 2.67. The molecule has 0 aromatic heterocycles. The molecule has 1 aliphatic heterocycles. The lowest BCUT2D eigenvalue weighted by Gasteiger charge is -2.11. The second-order valence-corrected chi connectivity index (χ2v) is 4.22. The first-order valence-electron chi connectivity index (χ1n) is 4.50. The van der Waals surface area contributed by atoms with E-state index < -0.39 is 0 Å². The van der Waals surface area contributed by atoms with Crippen LogP contribution in [0.5, 0.6) is 0 Å². The summed E-state index contributed by atoms with van der Waals surface area (Å²) in [6, 6.07) is 7.98. The molecule has 0 radical (unpaired) electrons. The number of hydrogen-bond donors (Lipinski definition) is 2. The van der Waals surface area contributed by atoms with Crippen LogP contribution < -0.4 is 10.6 Å². The van der Waals surface area contributed by atoms with Crippen molar-refractivity contribution in [2.75, 3.05) is 6.54 Å². The van der Waals surface area contributed by atoms with Crippen LogP contribution in [-0.4, -0.2) is 18.9 Å². The van der Waals surface area contributed by atoms with Crippen molar-refractivity contribution in [3.8, 4) is 0 Å². The third-order valence-corrected chi connectivity index (χ3v) is 2.82. The molecular weight excluding hydrogens is 244 g/mol. The number of halogens is 1. The Balaban J connectivity index is 2.09. The Morgan fingerprint density at radius 1 is 1.36 bits per heavy atom. The molecule has 2 N–H and O–H groups in total. The van der Waals surface area contributed by atoms with Crippen molar-refractivity contribution in [3.63, 3.8) is 0 Å². The number of carbonyl (C=O) groups is 1. The molecule has 0 saturated carbocycles. The zero-order valence-corrected chi connectivity index (χ0v) is 9.12. The van der Waals surface area contributed by atoms with Crippen molar-refractivity contribution in [1.82, 2.24) is 10.6 Å². The van der Waals surface area contributed by atoms with Crippen LogP contribution in [0.4, 0.5) is 0 Å². The number of nitrogens with one attached hydrogen (secondary N) is 2. The van der Waals surface area contributed by atoms with Gasteiger partial charge in [0, 0.05) is 11.0 Å². The van der Waals surface area contributed by atoms with Gasteiger partial charge in [-0.25, -0.2) is 0 Å². The molecule has 1 saturated heterocycles. The number of aldehydes is 1. The summed E-state index contributed by atoms with van der Waals surface area (Å²) in [7, 11) is 0. The number of rotatable bonds is 2. The fourth-order valence-corrected chi connectivity index (χ4v) is 1.80. The second-order valence-electron chi connectivity index (χ2n) is 3.30. The van der Waals surface area contributed by atoms with Gasteiger partial charge in [-0.05, 0) is 17.7 Å². The van der Waals surface area contributed by atoms with E-state index in [0.29, 0.717) is 6.54 Å². The van der Waals surface area contributed by atoms with Crippen LogP contribution in [0.1, 0.15) is 11.7 Å². The van der Waals surface area contributed by atoms with E-state index in [2.05, 4.69) is 26.6 Å². The van der Waals surface area contributed by atoms with E-state index in [-0.39, 0.29) is 12.2 Å². The summed E-state index contributed by atoms with van der Waals surface area (Å²) in [5.41, 5.74) is 1.15. The van der Waals surface area contributed by atoms with Crippen molar-refractivity contribution in [2.24, 2.45) is 0 Å². The highest BCUT2D eigenvalue weighted by Gasteiger charge is 2.22. The lowest BCUT2D eigenvalue weighted by molar-refractivity contribution is -0.109. The van der Waals surface area contributed by atoms with Crippen LogP contribution in [0, 0.1) is 0 Å². The van der Waals surface area contributed by atoms with Gasteiger partial charge < -0.3 is 4.79 Å². The van der Waals surface area contributed by atoms with Gasteiger partial charge in [-0.1, -0.05) is 28.1 Å². The summed E-state index contributed by atoms with van der Waals surface area (Å²) < 4.78 is 1.06. The van der Waals surface area contributed by atoms with E-state index in [1.54, 1.807) is 0 Å². The first kappa shape index (κ1) is 9.83. The van der Waals surface area contributed by atoms with Gasteiger partial charge >= 0.3 is 0 Å².